The third-order valence-corrected chi connectivity index (χ3v) is 3.23. The number of benzene rings is 1. The van der Waals surface area contributed by atoms with Gasteiger partial charge in [-0.25, -0.2) is 9.38 Å². The molecule has 0 fully saturated rings. The summed E-state index contributed by atoms with van der Waals surface area (Å²) in [6.07, 6.45) is 3.08. The van der Waals surface area contributed by atoms with Crippen LogP contribution in [-0.2, 0) is 9.53 Å². The minimum absolute atomic E-state index is 0. The van der Waals surface area contributed by atoms with Crippen molar-refractivity contribution in [3.63, 3.8) is 0 Å². The molecule has 3 N–H and O–H groups in total. The molecule has 0 saturated carbocycles. The number of halogens is 2. The van der Waals surface area contributed by atoms with Crippen molar-refractivity contribution >= 4 is 41.5 Å². The molecule has 0 atom stereocenters. The van der Waals surface area contributed by atoms with Gasteiger partial charge in [0.05, 0.1) is 0 Å². The zero-order valence-electron chi connectivity index (χ0n) is 15.5. The summed E-state index contributed by atoms with van der Waals surface area (Å²) >= 11 is 0. The molecule has 0 spiro atoms. The van der Waals surface area contributed by atoms with Gasteiger partial charge in [-0.2, -0.15) is 0 Å². The quantitative estimate of drug-likeness (QED) is 0.197. The summed E-state index contributed by atoms with van der Waals surface area (Å²) in [6.45, 7) is 6.95. The lowest BCUT2D eigenvalue weighted by atomic mass is 10.3. The largest absolute Gasteiger partial charge is 0.381 e. The normalized spacial score (nSPS) is 10.8. The Kier molecular flexibility index (Phi) is 14.9. The minimum atomic E-state index is -0.391. The van der Waals surface area contributed by atoms with E-state index >= 15 is 0 Å². The fourth-order valence-electron chi connectivity index (χ4n) is 1.99. The number of nitrogens with zero attached hydrogens (tertiary/aromatic N) is 1. The average molecular weight is 480 g/mol. The van der Waals surface area contributed by atoms with Crippen molar-refractivity contribution in [2.24, 2.45) is 4.99 Å². The highest BCUT2D eigenvalue weighted by molar-refractivity contribution is 14.0. The van der Waals surface area contributed by atoms with Gasteiger partial charge in [-0.15, -0.1) is 24.0 Å². The van der Waals surface area contributed by atoms with Crippen LogP contribution in [0.5, 0.6) is 0 Å². The van der Waals surface area contributed by atoms with Gasteiger partial charge in [-0.05, 0) is 38.0 Å². The summed E-state index contributed by atoms with van der Waals surface area (Å²) in [5.74, 6) is -0.117. The number of guanidine groups is 1. The topological polar surface area (TPSA) is 74.8 Å². The third-order valence-electron chi connectivity index (χ3n) is 3.23. The number of rotatable bonds is 11. The Morgan fingerprint density at radius 1 is 1.19 bits per heavy atom. The first-order chi connectivity index (χ1) is 12.2. The maximum Gasteiger partial charge on any atom is 0.246 e. The number of amides is 1. The Labute approximate surface area is 172 Å². The number of ether oxygens (including phenoxy) is 1. The molecule has 0 heterocycles. The Bertz CT molecular complexity index is 544. The van der Waals surface area contributed by atoms with Crippen LogP contribution >= 0.6 is 24.0 Å². The average Bonchev–Trinajstić information content (AvgIpc) is 2.58. The lowest BCUT2D eigenvalue weighted by Crippen LogP contribution is -2.38. The first-order valence-electron chi connectivity index (χ1n) is 8.81. The molecule has 0 saturated heterocycles. The molecule has 0 aromatic heterocycles. The molecule has 0 aliphatic rings. The fraction of sp³-hybridized carbons (Fsp3) is 0.556. The maximum absolute atomic E-state index is 13.1. The highest BCUT2D eigenvalue weighted by Crippen LogP contribution is 2.08. The minimum Gasteiger partial charge on any atom is -0.381 e. The zero-order valence-corrected chi connectivity index (χ0v) is 17.8. The van der Waals surface area contributed by atoms with Crippen LogP contribution in [0.2, 0.25) is 0 Å². The van der Waals surface area contributed by atoms with Crippen molar-refractivity contribution in [1.29, 1.82) is 0 Å². The van der Waals surface area contributed by atoms with Gasteiger partial charge in [0.1, 0.15) is 12.4 Å². The molecule has 148 valence electrons. The van der Waals surface area contributed by atoms with Crippen molar-refractivity contribution in [3.8, 4) is 0 Å². The highest BCUT2D eigenvalue weighted by atomic mass is 127. The summed E-state index contributed by atoms with van der Waals surface area (Å²) in [5.41, 5.74) is 0.419. The molecule has 0 aliphatic heterocycles. The van der Waals surface area contributed by atoms with Crippen molar-refractivity contribution < 1.29 is 13.9 Å². The standard InChI is InChI=1S/C18H29FN4O2.HI/c1-3-5-11-25-12-7-10-21-18(20-4-2)22-14-17(24)23-16-9-6-8-15(19)13-16;/h6,8-9,13H,3-5,7,10-12,14H2,1-2H3,(H,23,24)(H2,20,21,22);1H. The van der Waals surface area contributed by atoms with Crippen LogP contribution in [0, 0.1) is 5.82 Å². The van der Waals surface area contributed by atoms with Gasteiger partial charge in [-0.1, -0.05) is 19.4 Å². The number of carbonyl (C=O) groups is 1. The van der Waals surface area contributed by atoms with E-state index in [1.165, 1.54) is 12.1 Å². The predicted octanol–water partition coefficient (Wildman–Crippen LogP) is 3.14. The first-order valence-corrected chi connectivity index (χ1v) is 8.81. The maximum atomic E-state index is 13.1. The lowest BCUT2D eigenvalue weighted by Gasteiger charge is -2.11. The summed E-state index contributed by atoms with van der Waals surface area (Å²) < 4.78 is 18.6. The molecule has 0 aliphatic carbocycles. The van der Waals surface area contributed by atoms with Gasteiger partial charge < -0.3 is 20.7 Å². The van der Waals surface area contributed by atoms with Crippen LogP contribution in [0.15, 0.2) is 29.3 Å². The molecule has 6 nitrogen and oxygen atoms in total. The summed E-state index contributed by atoms with van der Waals surface area (Å²) in [4.78, 5) is 16.1. The molecular weight excluding hydrogens is 450 g/mol. The molecule has 8 heteroatoms. The summed E-state index contributed by atoms with van der Waals surface area (Å²) in [7, 11) is 0. The van der Waals surface area contributed by atoms with Crippen molar-refractivity contribution in [3.05, 3.63) is 30.1 Å². The van der Waals surface area contributed by atoms with E-state index in [0.29, 0.717) is 31.3 Å². The smallest absolute Gasteiger partial charge is 0.246 e. The molecule has 0 radical (unpaired) electrons. The van der Waals surface area contributed by atoms with Crippen LogP contribution < -0.4 is 16.0 Å². The monoisotopic (exact) mass is 480 g/mol. The number of hydrogen-bond donors (Lipinski definition) is 3. The molecule has 1 rings (SSSR count). The van der Waals surface area contributed by atoms with E-state index in [0.717, 1.165) is 25.9 Å². The predicted molar refractivity (Wildman–Crippen MR) is 115 cm³/mol. The Morgan fingerprint density at radius 3 is 2.65 bits per heavy atom. The molecule has 26 heavy (non-hydrogen) atoms. The van der Waals surface area contributed by atoms with Gasteiger partial charge in [0.25, 0.3) is 0 Å². The fourth-order valence-corrected chi connectivity index (χ4v) is 1.99. The number of hydrogen-bond acceptors (Lipinski definition) is 3. The van der Waals surface area contributed by atoms with Gasteiger partial charge in [0.2, 0.25) is 5.91 Å². The van der Waals surface area contributed by atoms with Gasteiger partial charge in [0, 0.05) is 32.0 Å². The Morgan fingerprint density at radius 2 is 1.96 bits per heavy atom. The second-order valence-corrected chi connectivity index (χ2v) is 5.50. The molecular formula is C18H30FIN4O2. The highest BCUT2D eigenvalue weighted by Gasteiger charge is 2.04. The zero-order chi connectivity index (χ0) is 18.3. The third kappa shape index (κ3) is 12.0. The van der Waals surface area contributed by atoms with Crippen LogP contribution in [-0.4, -0.2) is 44.7 Å². The number of unbranched alkanes of at least 4 members (excludes halogenated alkanes) is 1. The summed E-state index contributed by atoms with van der Waals surface area (Å²) in [5, 5.41) is 8.85. The van der Waals surface area contributed by atoms with Crippen molar-refractivity contribution in [1.82, 2.24) is 10.6 Å². The molecule has 0 bridgehead atoms. The second kappa shape index (κ2) is 15.8. The lowest BCUT2D eigenvalue weighted by molar-refractivity contribution is -0.114. The van der Waals surface area contributed by atoms with E-state index in [1.807, 2.05) is 6.92 Å². The van der Waals surface area contributed by atoms with E-state index in [4.69, 9.17) is 4.74 Å². The van der Waals surface area contributed by atoms with E-state index < -0.39 is 5.82 Å². The molecule has 1 aromatic carbocycles. The van der Waals surface area contributed by atoms with Crippen LogP contribution in [0.4, 0.5) is 10.1 Å². The molecule has 0 unspecified atom stereocenters. The van der Waals surface area contributed by atoms with Crippen LogP contribution in [0.1, 0.15) is 33.1 Å². The second-order valence-electron chi connectivity index (χ2n) is 5.50. The van der Waals surface area contributed by atoms with Crippen molar-refractivity contribution in [2.45, 2.75) is 33.1 Å². The first kappa shape index (κ1) is 24.6. The Hall–Kier alpha value is -1.42. The van der Waals surface area contributed by atoms with E-state index in [2.05, 4.69) is 27.9 Å². The molecule has 1 amide bonds. The van der Waals surface area contributed by atoms with Crippen LogP contribution in [0.25, 0.3) is 0 Å². The van der Waals surface area contributed by atoms with E-state index in [-0.39, 0.29) is 36.4 Å². The number of anilines is 1. The van der Waals surface area contributed by atoms with Gasteiger partial charge in [-0.3, -0.25) is 4.79 Å². The number of nitrogens with one attached hydrogen (secondary N) is 3. The molecule has 1 aromatic rings. The van der Waals surface area contributed by atoms with E-state index in [9.17, 15) is 9.18 Å². The number of aliphatic imine (C=N–C) groups is 1. The SMILES string of the molecule is CCCCOCCCNC(=NCC(=O)Nc1cccc(F)c1)NCC.I. The van der Waals surface area contributed by atoms with Gasteiger partial charge in [0.15, 0.2) is 5.96 Å². The van der Waals surface area contributed by atoms with Gasteiger partial charge >= 0.3 is 0 Å². The number of carbonyl (C=O) groups excluding carboxylic acids is 1. The Balaban J connectivity index is 0.00000625. The van der Waals surface area contributed by atoms with E-state index in [1.54, 1.807) is 12.1 Å². The van der Waals surface area contributed by atoms with Crippen molar-refractivity contribution in [2.75, 3.05) is 38.2 Å². The van der Waals surface area contributed by atoms with Crippen LogP contribution in [0.3, 0.4) is 0 Å². The summed E-state index contributed by atoms with van der Waals surface area (Å²) in [6, 6.07) is 5.77.